The van der Waals surface area contributed by atoms with Crippen LogP contribution in [0.25, 0.3) is 0 Å². The van der Waals surface area contributed by atoms with Gasteiger partial charge in [0.15, 0.2) is 0 Å². The number of hydrogen-bond donors (Lipinski definition) is 0. The molecule has 0 aliphatic heterocycles. The highest BCUT2D eigenvalue weighted by Gasteiger charge is 2.02. The summed E-state index contributed by atoms with van der Waals surface area (Å²) in [5.41, 5.74) is 0.0903. The van der Waals surface area contributed by atoms with Gasteiger partial charge in [-0.25, -0.2) is 8.78 Å². The highest BCUT2D eigenvalue weighted by atomic mass is 19.1. The monoisotopic (exact) mass is 160 g/mol. The Balaban J connectivity index is 2.93. The molecule has 0 aliphatic carbocycles. The first kappa shape index (κ1) is 8.11. The Morgan fingerprint density at radius 2 is 1.91 bits per heavy atom. The summed E-state index contributed by atoms with van der Waals surface area (Å²) < 4.78 is 36.7. The fraction of sp³-hybridized carbons (Fsp3) is 0.250. The second-order valence-corrected chi connectivity index (χ2v) is 2.17. The van der Waals surface area contributed by atoms with E-state index in [0.29, 0.717) is 0 Å². The number of rotatable bonds is 2. The van der Waals surface area contributed by atoms with Crippen LogP contribution >= 0.6 is 0 Å². The van der Waals surface area contributed by atoms with E-state index in [2.05, 4.69) is 0 Å². The molecule has 60 valence electrons. The van der Waals surface area contributed by atoms with Crippen LogP contribution in [-0.4, -0.2) is 6.67 Å². The molecule has 1 rings (SSSR count). The van der Waals surface area contributed by atoms with Crippen LogP contribution in [0.15, 0.2) is 18.2 Å². The van der Waals surface area contributed by atoms with Crippen molar-refractivity contribution in [3.05, 3.63) is 35.4 Å². The summed E-state index contributed by atoms with van der Waals surface area (Å²) in [7, 11) is 0. The summed E-state index contributed by atoms with van der Waals surface area (Å²) in [5.74, 6) is -1.08. The fourth-order valence-corrected chi connectivity index (χ4v) is 0.837. The first-order valence-corrected chi connectivity index (χ1v) is 3.24. The van der Waals surface area contributed by atoms with Crippen molar-refractivity contribution < 1.29 is 13.2 Å². The Hall–Kier alpha value is -0.990. The molecular weight excluding hydrogens is 153 g/mol. The first-order chi connectivity index (χ1) is 5.24. The molecule has 3 heteroatoms. The minimum atomic E-state index is -0.666. The molecular formula is C8H7F3. The quantitative estimate of drug-likeness (QED) is 0.623. The lowest BCUT2D eigenvalue weighted by Crippen LogP contribution is -1.92. The van der Waals surface area contributed by atoms with E-state index in [1.165, 1.54) is 0 Å². The van der Waals surface area contributed by atoms with Crippen LogP contribution < -0.4 is 0 Å². The van der Waals surface area contributed by atoms with Gasteiger partial charge in [0.1, 0.15) is 11.6 Å². The van der Waals surface area contributed by atoms with Gasteiger partial charge in [-0.3, -0.25) is 4.39 Å². The molecule has 0 bridgehead atoms. The normalized spacial score (nSPS) is 10.1. The molecule has 0 spiro atoms. The van der Waals surface area contributed by atoms with E-state index in [0.717, 1.165) is 18.2 Å². The van der Waals surface area contributed by atoms with Gasteiger partial charge in [0.2, 0.25) is 0 Å². The van der Waals surface area contributed by atoms with E-state index in [1.54, 1.807) is 0 Å². The molecule has 0 heterocycles. The van der Waals surface area contributed by atoms with Gasteiger partial charge in [-0.05, 0) is 23.8 Å². The van der Waals surface area contributed by atoms with E-state index in [4.69, 9.17) is 0 Å². The van der Waals surface area contributed by atoms with Crippen LogP contribution in [0.2, 0.25) is 0 Å². The third-order valence-corrected chi connectivity index (χ3v) is 1.37. The van der Waals surface area contributed by atoms with Crippen LogP contribution in [0.5, 0.6) is 0 Å². The maximum Gasteiger partial charge on any atom is 0.126 e. The fourth-order valence-electron chi connectivity index (χ4n) is 0.837. The minimum Gasteiger partial charge on any atom is -0.251 e. The number of benzene rings is 1. The molecule has 11 heavy (non-hydrogen) atoms. The molecule has 0 saturated carbocycles. The number of aryl methyl sites for hydroxylation is 1. The van der Waals surface area contributed by atoms with Gasteiger partial charge in [0, 0.05) is 6.42 Å². The molecule has 1 aromatic carbocycles. The van der Waals surface area contributed by atoms with Gasteiger partial charge in [-0.2, -0.15) is 0 Å². The Labute approximate surface area is 62.7 Å². The Kier molecular flexibility index (Phi) is 2.52. The predicted octanol–water partition coefficient (Wildman–Crippen LogP) is 2.48. The molecule has 0 aliphatic rings. The van der Waals surface area contributed by atoms with Crippen molar-refractivity contribution in [1.29, 1.82) is 0 Å². The third kappa shape index (κ3) is 1.97. The Morgan fingerprint density at radius 1 is 1.18 bits per heavy atom. The molecule has 0 saturated heterocycles. The summed E-state index contributed by atoms with van der Waals surface area (Å²) in [5, 5.41) is 0. The average Bonchev–Trinajstić information content (AvgIpc) is 1.98. The Bertz CT molecular complexity index is 245. The van der Waals surface area contributed by atoms with Crippen molar-refractivity contribution in [2.24, 2.45) is 0 Å². The van der Waals surface area contributed by atoms with Crippen molar-refractivity contribution in [3.8, 4) is 0 Å². The van der Waals surface area contributed by atoms with E-state index in [1.807, 2.05) is 0 Å². The lowest BCUT2D eigenvalue weighted by molar-refractivity contribution is 0.483. The lowest BCUT2D eigenvalue weighted by atomic mass is 10.1. The zero-order valence-corrected chi connectivity index (χ0v) is 5.78. The molecule has 0 nitrogen and oxygen atoms in total. The molecule has 0 atom stereocenters. The molecule has 1 aromatic rings. The lowest BCUT2D eigenvalue weighted by Gasteiger charge is -1.98. The number of halogens is 3. The summed E-state index contributed by atoms with van der Waals surface area (Å²) in [6.07, 6.45) is -0.0659. The first-order valence-electron chi connectivity index (χ1n) is 3.24. The van der Waals surface area contributed by atoms with Crippen LogP contribution in [0.3, 0.4) is 0 Å². The molecule has 0 unspecified atom stereocenters. The maximum atomic E-state index is 12.6. The second-order valence-electron chi connectivity index (χ2n) is 2.17. The second kappa shape index (κ2) is 3.42. The highest BCUT2D eigenvalue weighted by Crippen LogP contribution is 2.09. The van der Waals surface area contributed by atoms with Gasteiger partial charge in [0.05, 0.1) is 6.67 Å². The predicted molar refractivity (Wildman–Crippen MR) is 36.0 cm³/mol. The summed E-state index contributed by atoms with van der Waals surface area (Å²) in [4.78, 5) is 0. The SMILES string of the molecule is FCCc1cc(F)ccc1F. The van der Waals surface area contributed by atoms with Crippen molar-refractivity contribution in [1.82, 2.24) is 0 Å². The van der Waals surface area contributed by atoms with Crippen molar-refractivity contribution in [2.45, 2.75) is 6.42 Å². The van der Waals surface area contributed by atoms with E-state index < -0.39 is 18.3 Å². The number of hydrogen-bond acceptors (Lipinski definition) is 0. The molecule has 0 N–H and O–H groups in total. The van der Waals surface area contributed by atoms with E-state index in [-0.39, 0.29) is 12.0 Å². The van der Waals surface area contributed by atoms with Crippen molar-refractivity contribution in [2.75, 3.05) is 6.67 Å². The van der Waals surface area contributed by atoms with Crippen LogP contribution in [0.4, 0.5) is 13.2 Å². The van der Waals surface area contributed by atoms with Crippen LogP contribution in [-0.2, 0) is 6.42 Å². The van der Waals surface area contributed by atoms with Crippen molar-refractivity contribution in [3.63, 3.8) is 0 Å². The molecule has 0 aromatic heterocycles. The van der Waals surface area contributed by atoms with Gasteiger partial charge < -0.3 is 0 Å². The third-order valence-electron chi connectivity index (χ3n) is 1.37. The Morgan fingerprint density at radius 3 is 2.55 bits per heavy atom. The standard InChI is InChI=1S/C8H7F3/c9-4-3-6-5-7(10)1-2-8(6)11/h1-2,5H,3-4H2. The maximum absolute atomic E-state index is 12.6. The van der Waals surface area contributed by atoms with Crippen LogP contribution in [0.1, 0.15) is 5.56 Å². The summed E-state index contributed by atoms with van der Waals surface area (Å²) >= 11 is 0. The topological polar surface area (TPSA) is 0 Å². The van der Waals surface area contributed by atoms with E-state index >= 15 is 0 Å². The zero-order valence-electron chi connectivity index (χ0n) is 5.78. The van der Waals surface area contributed by atoms with Gasteiger partial charge >= 0.3 is 0 Å². The summed E-state index contributed by atoms with van der Waals surface area (Å²) in [6.45, 7) is -0.666. The molecule has 0 radical (unpaired) electrons. The minimum absolute atomic E-state index is 0.0659. The van der Waals surface area contributed by atoms with Gasteiger partial charge in [-0.15, -0.1) is 0 Å². The zero-order chi connectivity index (χ0) is 8.27. The average molecular weight is 160 g/mol. The number of alkyl halides is 1. The molecule has 0 fully saturated rings. The van der Waals surface area contributed by atoms with E-state index in [9.17, 15) is 13.2 Å². The van der Waals surface area contributed by atoms with Gasteiger partial charge in [0.25, 0.3) is 0 Å². The van der Waals surface area contributed by atoms with Gasteiger partial charge in [-0.1, -0.05) is 0 Å². The largest absolute Gasteiger partial charge is 0.251 e. The molecule has 0 amide bonds. The van der Waals surface area contributed by atoms with Crippen LogP contribution in [0, 0.1) is 11.6 Å². The highest BCUT2D eigenvalue weighted by molar-refractivity contribution is 5.18. The van der Waals surface area contributed by atoms with Crippen molar-refractivity contribution >= 4 is 0 Å². The smallest absolute Gasteiger partial charge is 0.126 e. The summed E-state index contributed by atoms with van der Waals surface area (Å²) in [6, 6.07) is 3.02.